The van der Waals surface area contributed by atoms with Crippen molar-refractivity contribution in [3.8, 4) is 0 Å². The van der Waals surface area contributed by atoms with Gasteiger partial charge in [-0.1, -0.05) is 0 Å². The van der Waals surface area contributed by atoms with E-state index in [9.17, 15) is 4.79 Å². The van der Waals surface area contributed by atoms with Gasteiger partial charge in [0.25, 0.3) is 0 Å². The van der Waals surface area contributed by atoms with Crippen molar-refractivity contribution in [1.82, 2.24) is 14.7 Å². The lowest BCUT2D eigenvalue weighted by molar-refractivity contribution is -0.131. The Balaban J connectivity index is 1.66. The molecule has 0 bridgehead atoms. The van der Waals surface area contributed by atoms with Crippen molar-refractivity contribution in [1.29, 1.82) is 0 Å². The fraction of sp³-hybridized carbons (Fsp3) is 0.636. The SMILES string of the molecule is Nc1ccn([C@H]2CCN(C(=O)C3CC3)C2)n1. The number of carbonyl (C=O) groups is 1. The second kappa shape index (κ2) is 3.50. The highest BCUT2D eigenvalue weighted by Gasteiger charge is 2.37. The van der Waals surface area contributed by atoms with Gasteiger partial charge in [0.05, 0.1) is 6.04 Å². The Morgan fingerprint density at radius 3 is 2.88 bits per heavy atom. The lowest BCUT2D eigenvalue weighted by Gasteiger charge is -2.16. The van der Waals surface area contributed by atoms with Crippen LogP contribution in [0.15, 0.2) is 12.3 Å². The summed E-state index contributed by atoms with van der Waals surface area (Å²) < 4.78 is 1.88. The number of carbonyl (C=O) groups excluding carboxylic acids is 1. The molecule has 3 rings (SSSR count). The largest absolute Gasteiger partial charge is 0.382 e. The fourth-order valence-corrected chi connectivity index (χ4v) is 2.30. The van der Waals surface area contributed by atoms with E-state index >= 15 is 0 Å². The molecule has 5 heteroatoms. The molecule has 16 heavy (non-hydrogen) atoms. The van der Waals surface area contributed by atoms with E-state index in [0.29, 0.717) is 23.7 Å². The van der Waals surface area contributed by atoms with Gasteiger partial charge in [-0.05, 0) is 25.3 Å². The van der Waals surface area contributed by atoms with Crippen molar-refractivity contribution in [2.75, 3.05) is 18.8 Å². The van der Waals surface area contributed by atoms with Crippen molar-refractivity contribution in [3.63, 3.8) is 0 Å². The molecule has 2 aliphatic rings. The van der Waals surface area contributed by atoms with Crippen LogP contribution in [0.5, 0.6) is 0 Å². The summed E-state index contributed by atoms with van der Waals surface area (Å²) in [6.45, 7) is 1.65. The topological polar surface area (TPSA) is 64.2 Å². The maximum absolute atomic E-state index is 11.9. The zero-order valence-electron chi connectivity index (χ0n) is 9.17. The first-order valence-corrected chi connectivity index (χ1v) is 5.83. The molecule has 1 saturated carbocycles. The first kappa shape index (κ1) is 9.69. The predicted octanol–water partition coefficient (Wildman–Crippen LogP) is 0.649. The minimum Gasteiger partial charge on any atom is -0.382 e. The Morgan fingerprint density at radius 1 is 1.44 bits per heavy atom. The molecule has 0 spiro atoms. The number of anilines is 1. The van der Waals surface area contributed by atoms with Gasteiger partial charge in [-0.3, -0.25) is 9.48 Å². The Kier molecular flexibility index (Phi) is 2.12. The quantitative estimate of drug-likeness (QED) is 0.795. The zero-order valence-corrected chi connectivity index (χ0v) is 9.17. The van der Waals surface area contributed by atoms with E-state index in [-0.39, 0.29) is 0 Å². The van der Waals surface area contributed by atoms with E-state index in [0.717, 1.165) is 32.4 Å². The average Bonchev–Trinajstić information content (AvgIpc) is 2.84. The number of amides is 1. The average molecular weight is 220 g/mol. The van der Waals surface area contributed by atoms with Crippen LogP contribution in [0.1, 0.15) is 25.3 Å². The molecule has 1 aliphatic carbocycles. The molecule has 1 aromatic heterocycles. The van der Waals surface area contributed by atoms with E-state index in [1.165, 1.54) is 0 Å². The molecule has 1 amide bonds. The van der Waals surface area contributed by atoms with Gasteiger partial charge in [-0.15, -0.1) is 0 Å². The summed E-state index contributed by atoms with van der Waals surface area (Å²) in [4.78, 5) is 13.8. The van der Waals surface area contributed by atoms with Crippen molar-refractivity contribution in [3.05, 3.63) is 12.3 Å². The molecule has 1 aliphatic heterocycles. The van der Waals surface area contributed by atoms with Crippen LogP contribution in [0.2, 0.25) is 0 Å². The lowest BCUT2D eigenvalue weighted by Crippen LogP contribution is -2.30. The van der Waals surface area contributed by atoms with Crippen LogP contribution < -0.4 is 5.73 Å². The molecule has 1 atom stereocenters. The number of nitrogens with two attached hydrogens (primary N) is 1. The molecule has 1 saturated heterocycles. The number of likely N-dealkylation sites (tertiary alicyclic amines) is 1. The van der Waals surface area contributed by atoms with Gasteiger partial charge in [0.2, 0.25) is 5.91 Å². The molecule has 2 fully saturated rings. The summed E-state index contributed by atoms with van der Waals surface area (Å²) in [7, 11) is 0. The van der Waals surface area contributed by atoms with Crippen molar-refractivity contribution < 1.29 is 4.79 Å². The maximum Gasteiger partial charge on any atom is 0.225 e. The van der Waals surface area contributed by atoms with E-state index in [1.807, 2.05) is 15.8 Å². The molecule has 1 aromatic rings. The van der Waals surface area contributed by atoms with Crippen LogP contribution in [0, 0.1) is 5.92 Å². The second-order valence-electron chi connectivity index (χ2n) is 4.72. The summed E-state index contributed by atoms with van der Waals surface area (Å²) in [5, 5.41) is 4.20. The summed E-state index contributed by atoms with van der Waals surface area (Å²) in [6.07, 6.45) is 5.04. The number of aromatic nitrogens is 2. The first-order valence-electron chi connectivity index (χ1n) is 5.83. The van der Waals surface area contributed by atoms with Crippen LogP contribution in [-0.4, -0.2) is 33.7 Å². The normalized spacial score (nSPS) is 25.0. The van der Waals surface area contributed by atoms with Crippen LogP contribution in [0.3, 0.4) is 0 Å². The smallest absolute Gasteiger partial charge is 0.225 e. The summed E-state index contributed by atoms with van der Waals surface area (Å²) in [6, 6.07) is 2.10. The van der Waals surface area contributed by atoms with Gasteiger partial charge in [-0.25, -0.2) is 0 Å². The number of rotatable bonds is 2. The third kappa shape index (κ3) is 1.66. The predicted molar refractivity (Wildman–Crippen MR) is 59.6 cm³/mol. The van der Waals surface area contributed by atoms with Crippen LogP contribution in [0.25, 0.3) is 0 Å². The van der Waals surface area contributed by atoms with E-state index in [1.54, 1.807) is 6.07 Å². The Hall–Kier alpha value is -1.52. The molecule has 2 heterocycles. The number of nitrogens with zero attached hydrogens (tertiary/aromatic N) is 3. The first-order chi connectivity index (χ1) is 7.74. The summed E-state index contributed by atoms with van der Waals surface area (Å²) >= 11 is 0. The summed E-state index contributed by atoms with van der Waals surface area (Å²) in [5.74, 6) is 1.20. The highest BCUT2D eigenvalue weighted by atomic mass is 16.2. The third-order valence-corrected chi connectivity index (χ3v) is 3.40. The van der Waals surface area contributed by atoms with Gasteiger partial charge in [0.15, 0.2) is 0 Å². The van der Waals surface area contributed by atoms with Crippen LogP contribution >= 0.6 is 0 Å². The number of nitrogen functional groups attached to an aromatic ring is 1. The van der Waals surface area contributed by atoms with Gasteiger partial charge < -0.3 is 10.6 Å². The maximum atomic E-state index is 11.9. The van der Waals surface area contributed by atoms with E-state index in [4.69, 9.17) is 5.73 Å². The minimum absolute atomic E-state index is 0.306. The monoisotopic (exact) mass is 220 g/mol. The van der Waals surface area contributed by atoms with Gasteiger partial charge in [0.1, 0.15) is 5.82 Å². The number of hydrogen-bond acceptors (Lipinski definition) is 3. The fourth-order valence-electron chi connectivity index (χ4n) is 2.30. The molecule has 0 aromatic carbocycles. The van der Waals surface area contributed by atoms with E-state index in [2.05, 4.69) is 5.10 Å². The van der Waals surface area contributed by atoms with Crippen molar-refractivity contribution in [2.45, 2.75) is 25.3 Å². The van der Waals surface area contributed by atoms with Crippen molar-refractivity contribution >= 4 is 11.7 Å². The molecule has 0 radical (unpaired) electrons. The van der Waals surface area contributed by atoms with Crippen LogP contribution in [-0.2, 0) is 4.79 Å². The van der Waals surface area contributed by atoms with Crippen LogP contribution in [0.4, 0.5) is 5.82 Å². The highest BCUT2D eigenvalue weighted by Crippen LogP contribution is 2.33. The van der Waals surface area contributed by atoms with Gasteiger partial charge >= 0.3 is 0 Å². The molecular formula is C11H16N4O. The molecule has 5 nitrogen and oxygen atoms in total. The minimum atomic E-state index is 0.306. The molecule has 0 unspecified atom stereocenters. The second-order valence-corrected chi connectivity index (χ2v) is 4.72. The Bertz CT molecular complexity index is 410. The van der Waals surface area contributed by atoms with Gasteiger partial charge in [0, 0.05) is 25.2 Å². The molecule has 86 valence electrons. The summed E-state index contributed by atoms with van der Waals surface area (Å²) in [5.41, 5.74) is 5.59. The standard InChI is InChI=1S/C11H16N4O/c12-10-4-6-15(13-10)9-3-5-14(7-9)11(16)8-1-2-8/h4,6,8-9H,1-3,5,7H2,(H2,12,13)/t9-/m0/s1. The third-order valence-electron chi connectivity index (χ3n) is 3.40. The van der Waals surface area contributed by atoms with Crippen molar-refractivity contribution in [2.24, 2.45) is 5.92 Å². The Morgan fingerprint density at radius 2 is 2.25 bits per heavy atom. The zero-order chi connectivity index (χ0) is 11.1. The van der Waals surface area contributed by atoms with E-state index < -0.39 is 0 Å². The molecular weight excluding hydrogens is 204 g/mol. The highest BCUT2D eigenvalue weighted by molar-refractivity contribution is 5.81. The number of hydrogen-bond donors (Lipinski definition) is 1. The molecule has 2 N–H and O–H groups in total. The Labute approximate surface area is 94.2 Å². The van der Waals surface area contributed by atoms with Gasteiger partial charge in [-0.2, -0.15) is 5.10 Å². The lowest BCUT2D eigenvalue weighted by atomic mass is 10.3.